The minimum absolute atomic E-state index is 0.0795. The summed E-state index contributed by atoms with van der Waals surface area (Å²) in [6, 6.07) is 13.0. The fourth-order valence-electron chi connectivity index (χ4n) is 3.06. The Morgan fingerprint density at radius 3 is 1.32 bits per heavy atom. The van der Waals surface area contributed by atoms with Crippen LogP contribution in [0.5, 0.6) is 0 Å². The van der Waals surface area contributed by atoms with Gasteiger partial charge in [0.1, 0.15) is 0 Å². The Hall–Kier alpha value is -1.74. The van der Waals surface area contributed by atoms with Gasteiger partial charge in [-0.25, -0.2) is 0 Å². The number of hydrogen-bond donors (Lipinski definition) is 0. The molecular formula is C20H24O6S2. The van der Waals surface area contributed by atoms with Crippen LogP contribution in [0.1, 0.15) is 24.0 Å². The fourth-order valence-corrected chi connectivity index (χ4v) is 5.02. The zero-order valence-electron chi connectivity index (χ0n) is 15.9. The Morgan fingerprint density at radius 2 is 1.00 bits per heavy atom. The molecule has 0 heterocycles. The molecule has 0 saturated heterocycles. The molecule has 3 rings (SSSR count). The van der Waals surface area contributed by atoms with Gasteiger partial charge in [-0.05, 0) is 62.8 Å². The van der Waals surface area contributed by atoms with Gasteiger partial charge in [-0.2, -0.15) is 16.8 Å². The molecule has 152 valence electrons. The number of hydrogen-bond acceptors (Lipinski definition) is 6. The molecule has 8 heteroatoms. The molecule has 1 fully saturated rings. The van der Waals surface area contributed by atoms with Crippen LogP contribution in [-0.4, -0.2) is 30.0 Å². The van der Waals surface area contributed by atoms with Crippen molar-refractivity contribution in [3.63, 3.8) is 0 Å². The van der Waals surface area contributed by atoms with E-state index in [1.54, 1.807) is 24.3 Å². The lowest BCUT2D eigenvalue weighted by Crippen LogP contribution is -2.32. The van der Waals surface area contributed by atoms with Crippen LogP contribution in [0.15, 0.2) is 58.3 Å². The van der Waals surface area contributed by atoms with E-state index >= 15 is 0 Å². The molecule has 0 aromatic heterocycles. The SMILES string of the molecule is Cc1ccc(S(=O)(=O)OCC2CC(COS(=O)(=O)c3ccc(C)cc3)C2)cc1. The highest BCUT2D eigenvalue weighted by molar-refractivity contribution is 7.87. The Kier molecular flexibility index (Phi) is 6.24. The van der Waals surface area contributed by atoms with Crippen molar-refractivity contribution in [2.75, 3.05) is 13.2 Å². The second kappa shape index (κ2) is 8.32. The van der Waals surface area contributed by atoms with Gasteiger partial charge in [0.15, 0.2) is 0 Å². The first-order valence-electron chi connectivity index (χ1n) is 9.08. The predicted molar refractivity (Wildman–Crippen MR) is 105 cm³/mol. The Bertz CT molecular complexity index is 920. The van der Waals surface area contributed by atoms with E-state index in [1.165, 1.54) is 24.3 Å². The van der Waals surface area contributed by atoms with Gasteiger partial charge >= 0.3 is 0 Å². The first-order valence-corrected chi connectivity index (χ1v) is 11.9. The Balaban J connectivity index is 1.43. The average Bonchev–Trinajstić information content (AvgIpc) is 2.60. The molecule has 0 bridgehead atoms. The highest BCUT2D eigenvalue weighted by Crippen LogP contribution is 2.35. The third-order valence-corrected chi connectivity index (χ3v) is 7.46. The highest BCUT2D eigenvalue weighted by atomic mass is 32.2. The van der Waals surface area contributed by atoms with Crippen molar-refractivity contribution in [3.05, 3.63) is 59.7 Å². The van der Waals surface area contributed by atoms with Gasteiger partial charge in [0.25, 0.3) is 20.2 Å². The van der Waals surface area contributed by atoms with Crippen LogP contribution in [-0.2, 0) is 28.6 Å². The third-order valence-electron chi connectivity index (χ3n) is 4.87. The second-order valence-corrected chi connectivity index (χ2v) is 10.5. The van der Waals surface area contributed by atoms with E-state index in [0.717, 1.165) is 11.1 Å². The van der Waals surface area contributed by atoms with Crippen LogP contribution in [0, 0.1) is 25.7 Å². The summed E-state index contributed by atoms with van der Waals surface area (Å²) >= 11 is 0. The van der Waals surface area contributed by atoms with Crippen LogP contribution in [0.4, 0.5) is 0 Å². The van der Waals surface area contributed by atoms with Gasteiger partial charge in [-0.1, -0.05) is 35.4 Å². The molecule has 6 nitrogen and oxygen atoms in total. The summed E-state index contributed by atoms with van der Waals surface area (Å²) in [4.78, 5) is 0.281. The molecule has 0 amide bonds. The van der Waals surface area contributed by atoms with Gasteiger partial charge in [-0.3, -0.25) is 8.37 Å². The highest BCUT2D eigenvalue weighted by Gasteiger charge is 2.32. The van der Waals surface area contributed by atoms with Crippen molar-refractivity contribution >= 4 is 20.2 Å². The van der Waals surface area contributed by atoms with Crippen molar-refractivity contribution in [2.24, 2.45) is 11.8 Å². The topological polar surface area (TPSA) is 86.7 Å². The van der Waals surface area contributed by atoms with Crippen LogP contribution >= 0.6 is 0 Å². The van der Waals surface area contributed by atoms with Crippen molar-refractivity contribution in [1.82, 2.24) is 0 Å². The molecule has 0 N–H and O–H groups in total. The predicted octanol–water partition coefficient (Wildman–Crippen LogP) is 3.44. The lowest BCUT2D eigenvalue weighted by atomic mass is 9.76. The van der Waals surface area contributed by atoms with Crippen LogP contribution in [0.2, 0.25) is 0 Å². The largest absolute Gasteiger partial charge is 0.296 e. The molecule has 0 atom stereocenters. The third kappa shape index (κ3) is 5.20. The van der Waals surface area contributed by atoms with Crippen molar-refractivity contribution in [2.45, 2.75) is 36.5 Å². The molecule has 0 spiro atoms. The van der Waals surface area contributed by atoms with E-state index in [-0.39, 0.29) is 34.8 Å². The summed E-state index contributed by atoms with van der Waals surface area (Å²) in [6.45, 7) is 3.95. The molecular weight excluding hydrogens is 400 g/mol. The molecule has 0 unspecified atom stereocenters. The maximum atomic E-state index is 12.2. The monoisotopic (exact) mass is 424 g/mol. The smallest absolute Gasteiger partial charge is 0.266 e. The molecule has 0 radical (unpaired) electrons. The van der Waals surface area contributed by atoms with Gasteiger partial charge in [0.2, 0.25) is 0 Å². The molecule has 1 saturated carbocycles. The molecule has 28 heavy (non-hydrogen) atoms. The lowest BCUT2D eigenvalue weighted by Gasteiger charge is -2.34. The maximum Gasteiger partial charge on any atom is 0.296 e. The van der Waals surface area contributed by atoms with Crippen molar-refractivity contribution in [1.29, 1.82) is 0 Å². The minimum atomic E-state index is -3.77. The van der Waals surface area contributed by atoms with Gasteiger partial charge in [0.05, 0.1) is 23.0 Å². The summed E-state index contributed by atoms with van der Waals surface area (Å²) in [5, 5.41) is 0. The normalized spacial score (nSPS) is 19.9. The number of aryl methyl sites for hydroxylation is 2. The molecule has 2 aromatic carbocycles. The van der Waals surface area contributed by atoms with E-state index in [9.17, 15) is 16.8 Å². The Labute approximate surface area is 166 Å². The van der Waals surface area contributed by atoms with Crippen LogP contribution < -0.4 is 0 Å². The quantitative estimate of drug-likeness (QED) is 0.604. The van der Waals surface area contributed by atoms with Crippen molar-refractivity contribution in [3.8, 4) is 0 Å². The molecule has 1 aliphatic rings. The van der Waals surface area contributed by atoms with E-state index < -0.39 is 20.2 Å². The standard InChI is InChI=1S/C20H24O6S2/c1-15-3-7-19(8-4-15)27(21,22)25-13-17-11-18(12-17)14-26-28(23,24)20-9-5-16(2)6-10-20/h3-10,17-18H,11-14H2,1-2H3. The van der Waals surface area contributed by atoms with E-state index in [2.05, 4.69) is 0 Å². The first kappa shape index (κ1) is 21.0. The van der Waals surface area contributed by atoms with Crippen LogP contribution in [0.25, 0.3) is 0 Å². The average molecular weight is 425 g/mol. The summed E-state index contributed by atoms with van der Waals surface area (Å²) in [5.41, 5.74) is 1.95. The molecule has 0 aliphatic heterocycles. The zero-order valence-corrected chi connectivity index (χ0v) is 17.5. The van der Waals surface area contributed by atoms with E-state index in [1.807, 2.05) is 13.8 Å². The maximum absolute atomic E-state index is 12.2. The molecule has 2 aromatic rings. The zero-order chi connectivity index (χ0) is 20.4. The summed E-state index contributed by atoms with van der Waals surface area (Å²) < 4.78 is 59.0. The minimum Gasteiger partial charge on any atom is -0.266 e. The summed E-state index contributed by atoms with van der Waals surface area (Å²) in [5.74, 6) is 0.159. The Morgan fingerprint density at radius 1 is 0.679 bits per heavy atom. The van der Waals surface area contributed by atoms with Crippen LogP contribution in [0.3, 0.4) is 0 Å². The summed E-state index contributed by atoms with van der Waals surface area (Å²) in [7, 11) is -7.54. The van der Waals surface area contributed by atoms with Gasteiger partial charge in [-0.15, -0.1) is 0 Å². The van der Waals surface area contributed by atoms with Gasteiger partial charge < -0.3 is 0 Å². The first-order chi connectivity index (χ1) is 13.2. The summed E-state index contributed by atoms with van der Waals surface area (Å²) in [6.07, 6.45) is 1.35. The fraction of sp³-hybridized carbons (Fsp3) is 0.400. The number of rotatable bonds is 8. The number of benzene rings is 2. The second-order valence-electron chi connectivity index (χ2n) is 7.31. The van der Waals surface area contributed by atoms with Gasteiger partial charge in [0, 0.05) is 0 Å². The molecule has 1 aliphatic carbocycles. The van der Waals surface area contributed by atoms with E-state index in [4.69, 9.17) is 8.37 Å². The lowest BCUT2D eigenvalue weighted by molar-refractivity contribution is 0.0859. The van der Waals surface area contributed by atoms with E-state index in [0.29, 0.717) is 12.8 Å². The van der Waals surface area contributed by atoms with Crippen molar-refractivity contribution < 1.29 is 25.2 Å².